The van der Waals surface area contributed by atoms with Crippen LogP contribution in [0.1, 0.15) is 38.0 Å². The molecule has 1 heterocycles. The first-order chi connectivity index (χ1) is 7.08. The maximum atomic E-state index is 5.65. The zero-order valence-corrected chi connectivity index (χ0v) is 9.83. The molecule has 0 spiro atoms. The number of aryl methyl sites for hydroxylation is 1. The lowest BCUT2D eigenvalue weighted by Crippen LogP contribution is -2.00. The summed E-state index contributed by atoms with van der Waals surface area (Å²) in [6.45, 7) is 6.37. The molecule has 0 radical (unpaired) electrons. The van der Waals surface area contributed by atoms with Crippen LogP contribution in [-0.2, 0) is 11.2 Å². The van der Waals surface area contributed by atoms with Crippen molar-refractivity contribution in [3.8, 4) is 5.75 Å². The van der Waals surface area contributed by atoms with Crippen molar-refractivity contribution >= 4 is 0 Å². The lowest BCUT2D eigenvalue weighted by molar-refractivity contribution is 0.322. The molecule has 0 aliphatic carbocycles. The number of hydrogen-bond acceptors (Lipinski definition) is 2. The number of epoxide rings is 1. The Bertz CT molecular complexity index is 369. The minimum atomic E-state index is -0.0281. The van der Waals surface area contributed by atoms with Gasteiger partial charge >= 0.3 is 0 Å². The number of methoxy groups -OCH3 is 1. The fourth-order valence-electron chi connectivity index (χ4n) is 1.92. The molecule has 0 amide bonds. The van der Waals surface area contributed by atoms with E-state index in [4.69, 9.17) is 9.47 Å². The Balaban J connectivity index is 2.35. The average Bonchev–Trinajstić information content (AvgIpc) is 2.86. The van der Waals surface area contributed by atoms with Crippen molar-refractivity contribution in [3.63, 3.8) is 0 Å². The summed E-state index contributed by atoms with van der Waals surface area (Å²) in [6, 6.07) is 6.34. The molecule has 2 nitrogen and oxygen atoms in total. The van der Waals surface area contributed by atoms with Gasteiger partial charge in [-0.15, -0.1) is 0 Å². The van der Waals surface area contributed by atoms with E-state index in [1.165, 1.54) is 11.1 Å². The van der Waals surface area contributed by atoms with Crippen LogP contribution in [0.5, 0.6) is 5.75 Å². The summed E-state index contributed by atoms with van der Waals surface area (Å²) in [5.74, 6) is 0.933. The van der Waals surface area contributed by atoms with Crippen LogP contribution in [0.15, 0.2) is 18.2 Å². The molecule has 1 saturated heterocycles. The molecule has 0 N–H and O–H groups in total. The second-order valence-electron chi connectivity index (χ2n) is 4.53. The molecule has 15 heavy (non-hydrogen) atoms. The summed E-state index contributed by atoms with van der Waals surface area (Å²) in [5, 5.41) is 0. The first-order valence-electron chi connectivity index (χ1n) is 5.43. The van der Waals surface area contributed by atoms with Crippen molar-refractivity contribution in [2.45, 2.75) is 38.9 Å². The van der Waals surface area contributed by atoms with Crippen LogP contribution in [0.25, 0.3) is 0 Å². The lowest BCUT2D eigenvalue weighted by atomic mass is 9.99. The van der Waals surface area contributed by atoms with Gasteiger partial charge in [0.05, 0.1) is 12.7 Å². The molecule has 1 unspecified atom stereocenters. The average molecular weight is 206 g/mol. The summed E-state index contributed by atoms with van der Waals surface area (Å²) in [5.41, 5.74) is 2.48. The Hall–Kier alpha value is -1.02. The van der Waals surface area contributed by atoms with E-state index >= 15 is 0 Å². The summed E-state index contributed by atoms with van der Waals surface area (Å²) in [6.07, 6.45) is 1.24. The van der Waals surface area contributed by atoms with E-state index in [1.807, 2.05) is 6.07 Å². The molecule has 1 aliphatic heterocycles. The Morgan fingerprint density at radius 2 is 2.07 bits per heavy atom. The predicted molar refractivity (Wildman–Crippen MR) is 60.3 cm³/mol. The van der Waals surface area contributed by atoms with E-state index in [0.717, 1.165) is 12.2 Å². The van der Waals surface area contributed by atoms with Crippen LogP contribution >= 0.6 is 0 Å². The fourth-order valence-corrected chi connectivity index (χ4v) is 1.92. The van der Waals surface area contributed by atoms with Crippen molar-refractivity contribution in [2.75, 3.05) is 7.11 Å². The molecule has 1 fully saturated rings. The van der Waals surface area contributed by atoms with Gasteiger partial charge in [-0.1, -0.05) is 13.0 Å². The van der Waals surface area contributed by atoms with E-state index < -0.39 is 0 Å². The molecule has 1 aliphatic rings. The summed E-state index contributed by atoms with van der Waals surface area (Å²) in [7, 11) is 1.71. The quantitative estimate of drug-likeness (QED) is 0.709. The first kappa shape index (κ1) is 10.5. The van der Waals surface area contributed by atoms with Gasteiger partial charge in [-0.2, -0.15) is 0 Å². The van der Waals surface area contributed by atoms with Crippen LogP contribution in [0.4, 0.5) is 0 Å². The fraction of sp³-hybridized carbons (Fsp3) is 0.538. The van der Waals surface area contributed by atoms with E-state index in [-0.39, 0.29) is 11.7 Å². The normalized spacial score (nSPS) is 22.5. The van der Waals surface area contributed by atoms with Gasteiger partial charge in [0.15, 0.2) is 0 Å². The van der Waals surface area contributed by atoms with Crippen molar-refractivity contribution in [2.24, 2.45) is 0 Å². The van der Waals surface area contributed by atoms with Crippen LogP contribution in [0.3, 0.4) is 0 Å². The van der Waals surface area contributed by atoms with E-state index in [9.17, 15) is 0 Å². The minimum absolute atomic E-state index is 0.0281. The molecular formula is C13H18O2. The Morgan fingerprint density at radius 1 is 1.40 bits per heavy atom. The molecule has 0 saturated carbocycles. The van der Waals surface area contributed by atoms with Gasteiger partial charge in [0.2, 0.25) is 0 Å². The minimum Gasteiger partial charge on any atom is -0.496 e. The highest BCUT2D eigenvalue weighted by Crippen LogP contribution is 2.51. The monoisotopic (exact) mass is 206 g/mol. The van der Waals surface area contributed by atoms with Crippen molar-refractivity contribution < 1.29 is 9.47 Å². The van der Waals surface area contributed by atoms with Gasteiger partial charge in [-0.3, -0.25) is 0 Å². The van der Waals surface area contributed by atoms with Gasteiger partial charge in [0.25, 0.3) is 0 Å². The first-order valence-corrected chi connectivity index (χ1v) is 5.43. The van der Waals surface area contributed by atoms with Crippen LogP contribution in [-0.4, -0.2) is 12.7 Å². The zero-order chi connectivity index (χ0) is 11.1. The summed E-state index contributed by atoms with van der Waals surface area (Å²) in [4.78, 5) is 0. The smallest absolute Gasteiger partial charge is 0.124 e. The second-order valence-corrected chi connectivity index (χ2v) is 4.53. The van der Waals surface area contributed by atoms with Crippen molar-refractivity contribution in [1.82, 2.24) is 0 Å². The molecular weight excluding hydrogens is 188 g/mol. The molecule has 1 aromatic carbocycles. The molecule has 82 valence electrons. The summed E-state index contributed by atoms with van der Waals surface area (Å²) < 4.78 is 11.0. The van der Waals surface area contributed by atoms with Crippen LogP contribution in [0.2, 0.25) is 0 Å². The van der Waals surface area contributed by atoms with Gasteiger partial charge in [-0.05, 0) is 38.0 Å². The third-order valence-corrected chi connectivity index (χ3v) is 2.98. The maximum Gasteiger partial charge on any atom is 0.124 e. The zero-order valence-electron chi connectivity index (χ0n) is 9.83. The molecule has 0 bridgehead atoms. The topological polar surface area (TPSA) is 21.8 Å². The maximum absolute atomic E-state index is 5.65. The van der Waals surface area contributed by atoms with Crippen LogP contribution < -0.4 is 4.74 Å². The van der Waals surface area contributed by atoms with E-state index in [1.54, 1.807) is 7.11 Å². The number of rotatable bonds is 3. The van der Waals surface area contributed by atoms with Gasteiger partial charge in [0, 0.05) is 5.56 Å². The van der Waals surface area contributed by atoms with Crippen molar-refractivity contribution in [3.05, 3.63) is 29.3 Å². The second kappa shape index (κ2) is 3.53. The van der Waals surface area contributed by atoms with Gasteiger partial charge in [-0.25, -0.2) is 0 Å². The van der Waals surface area contributed by atoms with Gasteiger partial charge < -0.3 is 9.47 Å². The third kappa shape index (κ3) is 1.86. The molecule has 1 aromatic rings. The summed E-state index contributed by atoms with van der Waals surface area (Å²) >= 11 is 0. The Kier molecular flexibility index (Phi) is 2.47. The highest BCUT2D eigenvalue weighted by molar-refractivity contribution is 5.42. The highest BCUT2D eigenvalue weighted by atomic mass is 16.6. The van der Waals surface area contributed by atoms with E-state index in [0.29, 0.717) is 0 Å². The number of ether oxygens (including phenoxy) is 2. The molecule has 1 atom stereocenters. The Labute approximate surface area is 91.2 Å². The third-order valence-electron chi connectivity index (χ3n) is 2.98. The van der Waals surface area contributed by atoms with Crippen molar-refractivity contribution in [1.29, 1.82) is 0 Å². The largest absolute Gasteiger partial charge is 0.496 e. The van der Waals surface area contributed by atoms with E-state index in [2.05, 4.69) is 32.9 Å². The highest BCUT2D eigenvalue weighted by Gasteiger charge is 2.50. The number of benzene rings is 1. The SMILES string of the molecule is CCc1ccc(OC)c(C2OC2(C)C)c1. The molecule has 2 rings (SSSR count). The molecule has 0 aromatic heterocycles. The number of hydrogen-bond donors (Lipinski definition) is 0. The van der Waals surface area contributed by atoms with Gasteiger partial charge in [0.1, 0.15) is 11.9 Å². The predicted octanol–water partition coefficient (Wildman–Crippen LogP) is 3.11. The standard InChI is InChI=1S/C13H18O2/c1-5-9-6-7-11(14-4)10(8-9)12-13(2,3)15-12/h6-8,12H,5H2,1-4H3. The van der Waals surface area contributed by atoms with Crippen LogP contribution in [0, 0.1) is 0 Å². The Morgan fingerprint density at radius 3 is 2.53 bits per heavy atom. The molecule has 2 heteroatoms. The lowest BCUT2D eigenvalue weighted by Gasteiger charge is -2.08.